The first kappa shape index (κ1) is 33.5. The van der Waals surface area contributed by atoms with Gasteiger partial charge in [-0.2, -0.15) is 0 Å². The Labute approximate surface area is 283 Å². The van der Waals surface area contributed by atoms with Gasteiger partial charge in [-0.1, -0.05) is 42.8 Å². The molecular formula is C37H44ClN3O5S. The van der Waals surface area contributed by atoms with Gasteiger partial charge in [-0.3, -0.25) is 9.78 Å². The van der Waals surface area contributed by atoms with Crippen molar-refractivity contribution in [2.45, 2.75) is 69.8 Å². The largest absolute Gasteiger partial charge is 0.487 e. The van der Waals surface area contributed by atoms with E-state index in [2.05, 4.69) is 26.7 Å². The molecule has 0 radical (unpaired) electrons. The summed E-state index contributed by atoms with van der Waals surface area (Å²) in [6.45, 7) is 5.38. The summed E-state index contributed by atoms with van der Waals surface area (Å²) in [5.74, 6) is 0.212. The number of aryl methyl sites for hydroxylation is 1. The summed E-state index contributed by atoms with van der Waals surface area (Å²) in [7, 11) is -2.21. The molecule has 0 spiro atoms. The summed E-state index contributed by atoms with van der Waals surface area (Å²) in [6, 6.07) is 15.2. The molecule has 6 rings (SSSR count). The zero-order valence-electron chi connectivity index (χ0n) is 27.3. The van der Waals surface area contributed by atoms with Crippen molar-refractivity contribution in [1.29, 1.82) is 0 Å². The van der Waals surface area contributed by atoms with Crippen molar-refractivity contribution < 1.29 is 22.7 Å². The number of methoxy groups -OCH3 is 1. The molecule has 1 saturated carbocycles. The Morgan fingerprint density at radius 2 is 1.94 bits per heavy atom. The minimum Gasteiger partial charge on any atom is -0.487 e. The number of pyridine rings is 1. The fourth-order valence-corrected chi connectivity index (χ4v) is 8.80. The Kier molecular flexibility index (Phi) is 9.97. The maximum Gasteiger partial charge on any atom is 0.264 e. The fraction of sp³-hybridized carbons (Fsp3) is 0.459. The Morgan fingerprint density at radius 1 is 1.09 bits per heavy atom. The molecule has 1 aromatic heterocycles. The molecule has 2 aliphatic heterocycles. The van der Waals surface area contributed by atoms with Crippen LogP contribution in [0.1, 0.15) is 73.0 Å². The van der Waals surface area contributed by atoms with Crippen molar-refractivity contribution in [3.05, 3.63) is 100 Å². The van der Waals surface area contributed by atoms with Gasteiger partial charge in [-0.25, -0.2) is 13.1 Å². The Morgan fingerprint density at radius 3 is 2.68 bits per heavy atom. The van der Waals surface area contributed by atoms with Crippen LogP contribution in [0, 0.1) is 17.8 Å². The van der Waals surface area contributed by atoms with Crippen LogP contribution < -0.4 is 14.4 Å². The van der Waals surface area contributed by atoms with E-state index in [4.69, 9.17) is 21.1 Å². The molecule has 1 N–H and O–H groups in total. The van der Waals surface area contributed by atoms with Gasteiger partial charge in [-0.15, -0.1) is 0 Å². The number of nitrogens with one attached hydrogen (secondary N) is 1. The molecule has 0 saturated heterocycles. The Hall–Kier alpha value is -3.40. The third-order valence-corrected chi connectivity index (χ3v) is 12.7. The van der Waals surface area contributed by atoms with E-state index in [1.54, 1.807) is 38.4 Å². The van der Waals surface area contributed by atoms with Gasteiger partial charge in [0.1, 0.15) is 18.0 Å². The maximum atomic E-state index is 13.5. The van der Waals surface area contributed by atoms with Crippen molar-refractivity contribution in [3.63, 3.8) is 0 Å². The highest BCUT2D eigenvalue weighted by Gasteiger charge is 2.48. The second-order valence-corrected chi connectivity index (χ2v) is 15.7. The number of carbonyl (C=O) groups is 1. The van der Waals surface area contributed by atoms with E-state index >= 15 is 0 Å². The molecule has 3 aliphatic rings. The lowest BCUT2D eigenvalue weighted by atomic mass is 9.62. The number of hydrogen-bond acceptors (Lipinski definition) is 7. The number of halogens is 1. The van der Waals surface area contributed by atoms with E-state index in [1.807, 2.05) is 43.5 Å². The van der Waals surface area contributed by atoms with E-state index in [0.29, 0.717) is 23.8 Å². The molecule has 47 heavy (non-hydrogen) atoms. The van der Waals surface area contributed by atoms with Crippen molar-refractivity contribution in [2.24, 2.45) is 17.8 Å². The van der Waals surface area contributed by atoms with Crippen molar-refractivity contribution in [2.75, 3.05) is 25.1 Å². The number of benzene rings is 2. The summed E-state index contributed by atoms with van der Waals surface area (Å²) >= 11 is 6.36. The standard InChI is InChI=1S/C37H44ClN3O5S/c1-25-8-6-17-37(45-3,31-10-7-18-39-22-31)33-15-12-29(33)23-41-19-5-4-9-27-20-32(38)14-11-30(27)24-46-35-16-13-28(21-34(35)41)36(42)40-47(43,44)26(25)2/h6-7,10-11,13-14,16-18,20-22,25-26,29,33H,4-5,8-9,12,15,19,23-24H2,1-3H3,(H,40,42)/b17-6+/t25-,26+,29-,33+,37+/m0/s1. The van der Waals surface area contributed by atoms with E-state index < -0.39 is 26.8 Å². The van der Waals surface area contributed by atoms with Crippen molar-refractivity contribution in [3.8, 4) is 5.75 Å². The topological polar surface area (TPSA) is 97.8 Å². The normalized spacial score (nSPS) is 28.7. The lowest BCUT2D eigenvalue weighted by Crippen LogP contribution is -2.49. The zero-order valence-corrected chi connectivity index (χ0v) is 28.9. The number of nitrogens with zero attached hydrogens (tertiary/aromatic N) is 2. The van der Waals surface area contributed by atoms with Crippen molar-refractivity contribution >= 4 is 33.2 Å². The number of rotatable bonds is 2. The van der Waals surface area contributed by atoms with Crippen LogP contribution >= 0.6 is 11.6 Å². The van der Waals surface area contributed by atoms with E-state index in [-0.39, 0.29) is 23.3 Å². The highest BCUT2D eigenvalue weighted by molar-refractivity contribution is 7.90. The number of amides is 1. The summed E-state index contributed by atoms with van der Waals surface area (Å²) in [4.78, 5) is 20.3. The highest BCUT2D eigenvalue weighted by atomic mass is 35.5. The first-order valence-electron chi connectivity index (χ1n) is 16.6. The van der Waals surface area contributed by atoms with E-state index in [1.165, 1.54) is 5.56 Å². The number of allylic oxidation sites excluding steroid dienone is 1. The SMILES string of the molecule is CO[C@@]1(c2cccnc2)/C=C/C[C@H](C)[C@@H](C)S(=O)(=O)NC(=O)c2ccc3c(c2)N(CCCCc2cc(Cl)ccc2CO3)C[C@@H]2CC[C@H]21. The van der Waals surface area contributed by atoms with Crippen LogP contribution in [0.4, 0.5) is 5.69 Å². The van der Waals surface area contributed by atoms with Gasteiger partial charge in [0.05, 0.1) is 10.9 Å². The molecule has 3 aromatic rings. The predicted octanol–water partition coefficient (Wildman–Crippen LogP) is 7.07. The third kappa shape index (κ3) is 6.94. The van der Waals surface area contributed by atoms with Crippen molar-refractivity contribution in [1.82, 2.24) is 9.71 Å². The molecule has 8 nitrogen and oxygen atoms in total. The van der Waals surface area contributed by atoms with Gasteiger partial charge < -0.3 is 14.4 Å². The molecule has 1 aliphatic carbocycles. The third-order valence-electron chi connectivity index (χ3n) is 10.5. The Balaban J connectivity index is 1.45. The van der Waals surface area contributed by atoms with E-state index in [9.17, 15) is 13.2 Å². The smallest absolute Gasteiger partial charge is 0.264 e. The second kappa shape index (κ2) is 14.0. The first-order valence-corrected chi connectivity index (χ1v) is 18.5. The number of ether oxygens (including phenoxy) is 2. The average molecular weight is 678 g/mol. The van der Waals surface area contributed by atoms with Gasteiger partial charge in [0.15, 0.2) is 0 Å². The summed E-state index contributed by atoms with van der Waals surface area (Å²) in [6.07, 6.45) is 13.1. The Bertz CT molecular complexity index is 1730. The molecule has 0 unspecified atom stereocenters. The van der Waals surface area contributed by atoms with Crippen LogP contribution in [-0.2, 0) is 33.4 Å². The van der Waals surface area contributed by atoms with Crippen LogP contribution in [0.15, 0.2) is 73.1 Å². The maximum absolute atomic E-state index is 13.5. The first-order chi connectivity index (χ1) is 22.6. The molecular weight excluding hydrogens is 634 g/mol. The lowest BCUT2D eigenvalue weighted by Gasteiger charge is -2.50. The predicted molar refractivity (Wildman–Crippen MR) is 185 cm³/mol. The van der Waals surface area contributed by atoms with Gasteiger partial charge >= 0.3 is 0 Å². The van der Waals surface area contributed by atoms with Gasteiger partial charge in [0.2, 0.25) is 10.0 Å². The monoisotopic (exact) mass is 677 g/mol. The molecule has 3 heterocycles. The fourth-order valence-electron chi connectivity index (χ4n) is 7.32. The molecule has 2 bridgehead atoms. The van der Waals surface area contributed by atoms with Gasteiger partial charge in [0, 0.05) is 54.7 Å². The molecule has 10 heteroatoms. The lowest BCUT2D eigenvalue weighted by molar-refractivity contribution is -0.0805. The summed E-state index contributed by atoms with van der Waals surface area (Å²) < 4.78 is 42.2. The molecule has 1 amide bonds. The zero-order chi connectivity index (χ0) is 33.2. The number of hydrogen-bond donors (Lipinski definition) is 1. The van der Waals surface area contributed by atoms with E-state index in [0.717, 1.165) is 62.0 Å². The minimum atomic E-state index is -3.96. The quantitative estimate of drug-likeness (QED) is 0.290. The minimum absolute atomic E-state index is 0.165. The summed E-state index contributed by atoms with van der Waals surface area (Å²) in [5, 5.41) is -0.0937. The van der Waals surface area contributed by atoms with Crippen LogP contribution in [0.3, 0.4) is 0 Å². The molecule has 5 atom stereocenters. The molecule has 2 aromatic carbocycles. The highest BCUT2D eigenvalue weighted by Crippen LogP contribution is 2.50. The van der Waals surface area contributed by atoms with Gasteiger partial charge in [-0.05, 0) is 105 Å². The number of sulfonamides is 1. The number of carbonyl (C=O) groups excluding carboxylic acids is 1. The number of aromatic nitrogens is 1. The summed E-state index contributed by atoms with van der Waals surface area (Å²) in [5.41, 5.74) is 3.57. The van der Waals surface area contributed by atoms with Crippen LogP contribution in [0.2, 0.25) is 5.02 Å². The number of anilines is 1. The van der Waals surface area contributed by atoms with Crippen LogP contribution in [0.25, 0.3) is 0 Å². The number of fused-ring (bicyclic) bond motifs is 3. The van der Waals surface area contributed by atoms with Gasteiger partial charge in [0.25, 0.3) is 5.91 Å². The van der Waals surface area contributed by atoms with Crippen LogP contribution in [0.5, 0.6) is 5.75 Å². The molecule has 250 valence electrons. The average Bonchev–Trinajstić information content (AvgIpc) is 3.08. The molecule has 1 fully saturated rings. The second-order valence-electron chi connectivity index (χ2n) is 13.3. The van der Waals surface area contributed by atoms with Crippen LogP contribution in [-0.4, -0.2) is 44.8 Å².